The highest BCUT2D eigenvalue weighted by atomic mass is 16.2. The first-order valence-corrected chi connectivity index (χ1v) is 5.95. The Hall–Kier alpha value is -0.770. The van der Waals surface area contributed by atoms with E-state index in [0.29, 0.717) is 12.0 Å². The number of piperidine rings is 1. The summed E-state index contributed by atoms with van der Waals surface area (Å²) in [5.41, 5.74) is 0. The van der Waals surface area contributed by atoms with E-state index in [4.69, 9.17) is 0 Å². The summed E-state index contributed by atoms with van der Waals surface area (Å²) in [6, 6.07) is 0.867. The smallest absolute Gasteiger partial charge is 0.317 e. The van der Waals surface area contributed by atoms with E-state index in [0.717, 1.165) is 19.6 Å². The van der Waals surface area contributed by atoms with E-state index in [2.05, 4.69) is 10.6 Å². The number of nitrogens with zero attached hydrogens (tertiary/aromatic N) is 1. The number of likely N-dealkylation sites (tertiary alicyclic amines) is 1. The van der Waals surface area contributed by atoms with Gasteiger partial charge in [0.05, 0.1) is 0 Å². The van der Waals surface area contributed by atoms with Crippen LogP contribution in [0.5, 0.6) is 0 Å². The van der Waals surface area contributed by atoms with Gasteiger partial charge in [-0.05, 0) is 39.2 Å². The lowest BCUT2D eigenvalue weighted by atomic mass is 9.94. The molecule has 2 atom stereocenters. The summed E-state index contributed by atoms with van der Waals surface area (Å²) in [6.07, 6.45) is 2.52. The topological polar surface area (TPSA) is 44.4 Å². The Morgan fingerprint density at radius 1 is 1.47 bits per heavy atom. The number of urea groups is 1. The van der Waals surface area contributed by atoms with Crippen LogP contribution < -0.4 is 10.6 Å². The lowest BCUT2D eigenvalue weighted by molar-refractivity contribution is 0.204. The Morgan fingerprint density at radius 2 is 2.27 bits per heavy atom. The highest BCUT2D eigenvalue weighted by Gasteiger charge is 2.36. The van der Waals surface area contributed by atoms with Crippen LogP contribution in [0.25, 0.3) is 0 Å². The van der Waals surface area contributed by atoms with Crippen molar-refractivity contribution < 1.29 is 4.79 Å². The maximum atomic E-state index is 11.8. The minimum absolute atomic E-state index is 0.0983. The molecule has 2 aliphatic rings. The minimum atomic E-state index is 0.0983. The van der Waals surface area contributed by atoms with Gasteiger partial charge in [-0.2, -0.15) is 0 Å². The molecule has 0 aromatic carbocycles. The van der Waals surface area contributed by atoms with E-state index in [1.54, 1.807) is 0 Å². The summed E-state index contributed by atoms with van der Waals surface area (Å²) < 4.78 is 0. The number of nitrogens with one attached hydrogen (secondary N) is 2. The number of rotatable bonds is 1. The molecule has 0 aromatic rings. The molecule has 0 spiro atoms. The molecule has 2 N–H and O–H groups in total. The van der Waals surface area contributed by atoms with Crippen molar-refractivity contribution in [1.29, 1.82) is 0 Å². The Morgan fingerprint density at radius 3 is 2.93 bits per heavy atom. The normalized spacial score (nSPS) is 30.5. The van der Waals surface area contributed by atoms with Gasteiger partial charge in [0.25, 0.3) is 0 Å². The van der Waals surface area contributed by atoms with Gasteiger partial charge >= 0.3 is 6.03 Å². The van der Waals surface area contributed by atoms with Crippen LogP contribution in [0.15, 0.2) is 0 Å². The Bertz CT molecular complexity index is 228. The van der Waals surface area contributed by atoms with Gasteiger partial charge < -0.3 is 15.5 Å². The third kappa shape index (κ3) is 2.43. The van der Waals surface area contributed by atoms with Crippen LogP contribution in [0, 0.1) is 5.92 Å². The Kier molecular flexibility index (Phi) is 3.14. The molecular weight excluding hydrogens is 190 g/mol. The van der Waals surface area contributed by atoms with E-state index < -0.39 is 0 Å². The fraction of sp³-hybridized carbons (Fsp3) is 0.909. The maximum absolute atomic E-state index is 11.8. The molecule has 0 radical (unpaired) electrons. The van der Waals surface area contributed by atoms with E-state index in [-0.39, 0.29) is 12.1 Å². The van der Waals surface area contributed by atoms with Crippen molar-refractivity contribution >= 4 is 6.03 Å². The molecule has 2 fully saturated rings. The van der Waals surface area contributed by atoms with Crippen molar-refractivity contribution in [2.75, 3.05) is 19.6 Å². The summed E-state index contributed by atoms with van der Waals surface area (Å²) in [7, 11) is 0. The summed E-state index contributed by atoms with van der Waals surface area (Å²) in [5, 5.41) is 6.45. The zero-order chi connectivity index (χ0) is 10.8. The van der Waals surface area contributed by atoms with Crippen LogP contribution in [-0.4, -0.2) is 42.6 Å². The molecule has 2 saturated heterocycles. The molecule has 15 heavy (non-hydrogen) atoms. The molecule has 2 rings (SSSR count). The molecule has 2 unspecified atom stereocenters. The molecule has 0 aromatic heterocycles. The number of hydrogen-bond acceptors (Lipinski definition) is 2. The van der Waals surface area contributed by atoms with Crippen molar-refractivity contribution in [3.05, 3.63) is 0 Å². The largest absolute Gasteiger partial charge is 0.336 e. The average Bonchev–Trinajstić information content (AvgIpc) is 2.59. The second-order valence-corrected chi connectivity index (χ2v) is 4.97. The summed E-state index contributed by atoms with van der Waals surface area (Å²) in [6.45, 7) is 6.92. The lowest BCUT2D eigenvalue weighted by Crippen LogP contribution is -2.43. The third-order valence-corrected chi connectivity index (χ3v) is 3.30. The van der Waals surface area contributed by atoms with Gasteiger partial charge in [0.2, 0.25) is 0 Å². The van der Waals surface area contributed by atoms with Crippen molar-refractivity contribution in [3.63, 3.8) is 0 Å². The first kappa shape index (κ1) is 10.7. The molecule has 4 heteroatoms. The van der Waals surface area contributed by atoms with E-state index >= 15 is 0 Å². The van der Waals surface area contributed by atoms with Crippen LogP contribution in [0.4, 0.5) is 4.79 Å². The van der Waals surface area contributed by atoms with Gasteiger partial charge in [0, 0.05) is 25.2 Å². The van der Waals surface area contributed by atoms with Gasteiger partial charge in [0.1, 0.15) is 0 Å². The van der Waals surface area contributed by atoms with Gasteiger partial charge in [-0.15, -0.1) is 0 Å². The number of hydrogen-bond donors (Lipinski definition) is 2. The molecule has 0 saturated carbocycles. The molecule has 0 aliphatic carbocycles. The molecule has 86 valence electrons. The second kappa shape index (κ2) is 4.39. The third-order valence-electron chi connectivity index (χ3n) is 3.30. The minimum Gasteiger partial charge on any atom is -0.336 e. The standard InChI is InChI=1S/C11H21N3O/c1-8(2)13-11(15)14-6-9-4-3-5-12-10(9)7-14/h8-10,12H,3-7H2,1-2H3,(H,13,15). The molecule has 0 bridgehead atoms. The van der Waals surface area contributed by atoms with Crippen molar-refractivity contribution in [2.45, 2.75) is 38.8 Å². The summed E-state index contributed by atoms with van der Waals surface area (Å²) in [5.74, 6) is 0.677. The average molecular weight is 211 g/mol. The number of amides is 2. The molecule has 2 amide bonds. The first-order valence-electron chi connectivity index (χ1n) is 5.95. The van der Waals surface area contributed by atoms with E-state index in [9.17, 15) is 4.79 Å². The quantitative estimate of drug-likeness (QED) is 0.673. The van der Waals surface area contributed by atoms with Crippen molar-refractivity contribution in [3.8, 4) is 0 Å². The van der Waals surface area contributed by atoms with Crippen molar-refractivity contribution in [2.24, 2.45) is 5.92 Å². The highest BCUT2D eigenvalue weighted by Crippen LogP contribution is 2.24. The fourth-order valence-electron chi connectivity index (χ4n) is 2.55. The summed E-state index contributed by atoms with van der Waals surface area (Å²) in [4.78, 5) is 13.7. The zero-order valence-corrected chi connectivity index (χ0v) is 9.62. The SMILES string of the molecule is CC(C)NC(=O)N1CC2CCCNC2C1. The molecule has 2 heterocycles. The highest BCUT2D eigenvalue weighted by molar-refractivity contribution is 5.74. The Balaban J connectivity index is 1.88. The number of fused-ring (bicyclic) bond motifs is 1. The van der Waals surface area contributed by atoms with Crippen LogP contribution in [0.3, 0.4) is 0 Å². The van der Waals surface area contributed by atoms with E-state index in [1.807, 2.05) is 18.7 Å². The van der Waals surface area contributed by atoms with Gasteiger partial charge in [0.15, 0.2) is 0 Å². The van der Waals surface area contributed by atoms with Crippen LogP contribution in [0.1, 0.15) is 26.7 Å². The molecule has 4 nitrogen and oxygen atoms in total. The van der Waals surface area contributed by atoms with Crippen LogP contribution >= 0.6 is 0 Å². The summed E-state index contributed by atoms with van der Waals surface area (Å²) >= 11 is 0. The molecular formula is C11H21N3O. The lowest BCUT2D eigenvalue weighted by Gasteiger charge is -2.24. The van der Waals surface area contributed by atoms with Gasteiger partial charge in [-0.3, -0.25) is 0 Å². The molecule has 2 aliphatic heterocycles. The van der Waals surface area contributed by atoms with E-state index in [1.165, 1.54) is 12.8 Å². The number of carbonyl (C=O) groups excluding carboxylic acids is 1. The fourth-order valence-corrected chi connectivity index (χ4v) is 2.55. The Labute approximate surface area is 91.4 Å². The second-order valence-electron chi connectivity index (χ2n) is 4.97. The zero-order valence-electron chi connectivity index (χ0n) is 9.62. The first-order chi connectivity index (χ1) is 7.16. The monoisotopic (exact) mass is 211 g/mol. The van der Waals surface area contributed by atoms with Crippen molar-refractivity contribution in [1.82, 2.24) is 15.5 Å². The van der Waals surface area contributed by atoms with Crippen LogP contribution in [0.2, 0.25) is 0 Å². The number of carbonyl (C=O) groups is 1. The maximum Gasteiger partial charge on any atom is 0.317 e. The predicted octanol–water partition coefficient (Wildman–Crippen LogP) is 0.788. The predicted molar refractivity (Wildman–Crippen MR) is 59.8 cm³/mol. The van der Waals surface area contributed by atoms with Gasteiger partial charge in [-0.1, -0.05) is 0 Å². The van der Waals surface area contributed by atoms with Gasteiger partial charge in [-0.25, -0.2) is 4.79 Å². The van der Waals surface area contributed by atoms with Crippen LogP contribution in [-0.2, 0) is 0 Å².